The summed E-state index contributed by atoms with van der Waals surface area (Å²) in [5, 5.41) is 3.68. The topological polar surface area (TPSA) is 33.7 Å². The number of nitrogens with zero attached hydrogens (tertiary/aromatic N) is 1. The highest BCUT2D eigenvalue weighted by molar-refractivity contribution is 5.58. The summed E-state index contributed by atoms with van der Waals surface area (Å²) in [7, 11) is 0. The number of benzene rings is 1. The molecule has 2 atom stereocenters. The molecule has 1 N–H and O–H groups in total. The Balaban J connectivity index is 1.81. The molecule has 2 aliphatic heterocycles. The van der Waals surface area contributed by atoms with E-state index in [9.17, 15) is 0 Å². The van der Waals surface area contributed by atoms with Gasteiger partial charge in [0.15, 0.2) is 11.5 Å². The Kier molecular flexibility index (Phi) is 4.01. The van der Waals surface area contributed by atoms with Crippen molar-refractivity contribution in [2.45, 2.75) is 45.2 Å². The van der Waals surface area contributed by atoms with Crippen LogP contribution in [0.5, 0.6) is 11.5 Å². The van der Waals surface area contributed by atoms with Gasteiger partial charge in [-0.2, -0.15) is 0 Å². The summed E-state index contributed by atoms with van der Waals surface area (Å²) >= 11 is 0. The Morgan fingerprint density at radius 3 is 2.90 bits per heavy atom. The van der Waals surface area contributed by atoms with E-state index < -0.39 is 0 Å². The minimum Gasteiger partial charge on any atom is -0.454 e. The Labute approximate surface area is 121 Å². The maximum atomic E-state index is 5.51. The molecule has 2 unspecified atom stereocenters. The molecular formula is C16H24N2O2. The molecule has 110 valence electrons. The Bertz CT molecular complexity index is 464. The third kappa shape index (κ3) is 2.57. The van der Waals surface area contributed by atoms with Gasteiger partial charge in [0.25, 0.3) is 0 Å². The number of fused-ring (bicyclic) bond motifs is 1. The molecule has 0 bridgehead atoms. The molecule has 3 rings (SSSR count). The van der Waals surface area contributed by atoms with Crippen LogP contribution in [0, 0.1) is 0 Å². The highest BCUT2D eigenvalue weighted by atomic mass is 16.7. The van der Waals surface area contributed by atoms with Gasteiger partial charge in [0, 0.05) is 36.9 Å². The molecule has 20 heavy (non-hydrogen) atoms. The summed E-state index contributed by atoms with van der Waals surface area (Å²) in [6.45, 7) is 6.99. The standard InChI is InChI=1S/C16H24N2O2/c1-3-5-12-10-18(13(4-2)9-17-12)14-6-7-15-16(8-14)20-11-19-15/h6-8,12-13,17H,3-5,9-11H2,1-2H3. The summed E-state index contributed by atoms with van der Waals surface area (Å²) in [5.41, 5.74) is 1.25. The first-order valence-corrected chi connectivity index (χ1v) is 7.71. The first kappa shape index (κ1) is 13.6. The number of piperazine rings is 1. The SMILES string of the molecule is CCCC1CN(c2ccc3c(c2)OCO3)C(CC)CN1. The van der Waals surface area contributed by atoms with Gasteiger partial charge in [-0.15, -0.1) is 0 Å². The molecule has 0 spiro atoms. The smallest absolute Gasteiger partial charge is 0.231 e. The van der Waals surface area contributed by atoms with Crippen LogP contribution in [0.25, 0.3) is 0 Å². The second-order valence-electron chi connectivity index (χ2n) is 5.65. The van der Waals surface area contributed by atoms with Gasteiger partial charge < -0.3 is 19.7 Å². The van der Waals surface area contributed by atoms with Gasteiger partial charge in [0.2, 0.25) is 6.79 Å². The minimum absolute atomic E-state index is 0.343. The summed E-state index contributed by atoms with van der Waals surface area (Å²) in [5.74, 6) is 1.74. The van der Waals surface area contributed by atoms with Crippen molar-refractivity contribution in [2.24, 2.45) is 0 Å². The lowest BCUT2D eigenvalue weighted by molar-refractivity contribution is 0.174. The maximum absolute atomic E-state index is 5.51. The second kappa shape index (κ2) is 5.92. The van der Waals surface area contributed by atoms with Crippen molar-refractivity contribution in [2.75, 3.05) is 24.8 Å². The number of hydrogen-bond donors (Lipinski definition) is 1. The summed E-state index contributed by atoms with van der Waals surface area (Å²) in [6, 6.07) is 7.46. The molecule has 1 aromatic carbocycles. The van der Waals surface area contributed by atoms with E-state index in [-0.39, 0.29) is 0 Å². The average molecular weight is 276 g/mol. The Hall–Kier alpha value is -1.42. The Morgan fingerprint density at radius 2 is 2.10 bits per heavy atom. The lowest BCUT2D eigenvalue weighted by atomic mass is 10.0. The van der Waals surface area contributed by atoms with E-state index in [0.717, 1.165) is 31.0 Å². The summed E-state index contributed by atoms with van der Waals surface area (Å²) in [6.07, 6.45) is 3.61. The third-order valence-electron chi connectivity index (χ3n) is 4.30. The van der Waals surface area contributed by atoms with E-state index in [1.807, 2.05) is 6.07 Å². The predicted octanol–water partition coefficient (Wildman–Crippen LogP) is 2.77. The monoisotopic (exact) mass is 276 g/mol. The molecule has 1 saturated heterocycles. The molecule has 1 aromatic rings. The van der Waals surface area contributed by atoms with Gasteiger partial charge in [-0.1, -0.05) is 20.3 Å². The van der Waals surface area contributed by atoms with Crippen molar-refractivity contribution in [3.8, 4) is 11.5 Å². The molecular weight excluding hydrogens is 252 g/mol. The lowest BCUT2D eigenvalue weighted by Gasteiger charge is -2.41. The number of rotatable bonds is 4. The fourth-order valence-corrected chi connectivity index (χ4v) is 3.15. The molecule has 4 heteroatoms. The van der Waals surface area contributed by atoms with Crippen LogP contribution in [0.1, 0.15) is 33.1 Å². The van der Waals surface area contributed by atoms with Crippen molar-refractivity contribution >= 4 is 5.69 Å². The van der Waals surface area contributed by atoms with Crippen molar-refractivity contribution in [1.29, 1.82) is 0 Å². The van der Waals surface area contributed by atoms with Crippen LogP contribution < -0.4 is 19.7 Å². The molecule has 0 radical (unpaired) electrons. The first-order valence-electron chi connectivity index (χ1n) is 7.71. The van der Waals surface area contributed by atoms with Crippen LogP contribution in [0.2, 0.25) is 0 Å². The van der Waals surface area contributed by atoms with Crippen molar-refractivity contribution in [1.82, 2.24) is 5.32 Å². The lowest BCUT2D eigenvalue weighted by Crippen LogP contribution is -2.56. The fourth-order valence-electron chi connectivity index (χ4n) is 3.15. The van der Waals surface area contributed by atoms with Gasteiger partial charge in [-0.05, 0) is 25.0 Å². The number of nitrogens with one attached hydrogen (secondary N) is 1. The van der Waals surface area contributed by atoms with E-state index in [4.69, 9.17) is 9.47 Å². The highest BCUT2D eigenvalue weighted by Gasteiger charge is 2.27. The van der Waals surface area contributed by atoms with E-state index in [1.54, 1.807) is 0 Å². The van der Waals surface area contributed by atoms with Gasteiger partial charge >= 0.3 is 0 Å². The summed E-state index contributed by atoms with van der Waals surface area (Å²) < 4.78 is 10.9. The number of anilines is 1. The quantitative estimate of drug-likeness (QED) is 0.917. The molecule has 0 saturated carbocycles. The van der Waals surface area contributed by atoms with E-state index in [1.165, 1.54) is 18.5 Å². The van der Waals surface area contributed by atoms with Gasteiger partial charge in [-0.3, -0.25) is 0 Å². The molecule has 0 aromatic heterocycles. The maximum Gasteiger partial charge on any atom is 0.231 e. The van der Waals surface area contributed by atoms with Gasteiger partial charge in [0.1, 0.15) is 0 Å². The zero-order valence-corrected chi connectivity index (χ0v) is 12.4. The zero-order chi connectivity index (χ0) is 13.9. The van der Waals surface area contributed by atoms with Gasteiger partial charge in [-0.25, -0.2) is 0 Å². The minimum atomic E-state index is 0.343. The zero-order valence-electron chi connectivity index (χ0n) is 12.4. The van der Waals surface area contributed by atoms with Crippen molar-refractivity contribution < 1.29 is 9.47 Å². The fraction of sp³-hybridized carbons (Fsp3) is 0.625. The largest absolute Gasteiger partial charge is 0.454 e. The normalized spacial score (nSPS) is 25.0. The Morgan fingerprint density at radius 1 is 1.25 bits per heavy atom. The first-order chi connectivity index (χ1) is 9.81. The molecule has 2 heterocycles. The number of hydrogen-bond acceptors (Lipinski definition) is 4. The van der Waals surface area contributed by atoms with Crippen LogP contribution >= 0.6 is 0 Å². The van der Waals surface area contributed by atoms with Crippen molar-refractivity contribution in [3.63, 3.8) is 0 Å². The summed E-state index contributed by atoms with van der Waals surface area (Å²) in [4.78, 5) is 2.53. The molecule has 4 nitrogen and oxygen atoms in total. The van der Waals surface area contributed by atoms with Crippen LogP contribution in [0.15, 0.2) is 18.2 Å². The molecule has 2 aliphatic rings. The van der Waals surface area contributed by atoms with Crippen LogP contribution in [-0.4, -0.2) is 32.0 Å². The third-order valence-corrected chi connectivity index (χ3v) is 4.30. The predicted molar refractivity (Wildman–Crippen MR) is 80.7 cm³/mol. The highest BCUT2D eigenvalue weighted by Crippen LogP contribution is 2.36. The van der Waals surface area contributed by atoms with E-state index in [2.05, 4.69) is 36.2 Å². The average Bonchev–Trinajstić information content (AvgIpc) is 2.95. The molecule has 1 fully saturated rings. The van der Waals surface area contributed by atoms with Crippen LogP contribution in [-0.2, 0) is 0 Å². The van der Waals surface area contributed by atoms with Crippen LogP contribution in [0.3, 0.4) is 0 Å². The molecule has 0 amide bonds. The van der Waals surface area contributed by atoms with Crippen molar-refractivity contribution in [3.05, 3.63) is 18.2 Å². The van der Waals surface area contributed by atoms with Crippen LogP contribution in [0.4, 0.5) is 5.69 Å². The van der Waals surface area contributed by atoms with E-state index >= 15 is 0 Å². The van der Waals surface area contributed by atoms with E-state index in [0.29, 0.717) is 18.9 Å². The second-order valence-corrected chi connectivity index (χ2v) is 5.65. The molecule has 0 aliphatic carbocycles. The van der Waals surface area contributed by atoms with Gasteiger partial charge in [0.05, 0.1) is 0 Å². The number of ether oxygens (including phenoxy) is 2.